The van der Waals surface area contributed by atoms with Crippen LogP contribution in [0, 0.1) is 17.8 Å². The zero-order valence-corrected chi connectivity index (χ0v) is 15.4. The smallest absolute Gasteiger partial charge is 0.339 e. The van der Waals surface area contributed by atoms with Crippen molar-refractivity contribution in [3.8, 4) is 11.8 Å². The fourth-order valence-corrected chi connectivity index (χ4v) is 2.65. The molecule has 0 aromatic heterocycles. The number of benzene rings is 1. The average Bonchev–Trinajstić information content (AvgIpc) is 2.60. The summed E-state index contributed by atoms with van der Waals surface area (Å²) in [5.41, 5.74) is 1.23. The van der Waals surface area contributed by atoms with Crippen molar-refractivity contribution in [2.24, 2.45) is 5.92 Å². The van der Waals surface area contributed by atoms with Gasteiger partial charge in [0.05, 0.1) is 30.3 Å². The number of rotatable bonds is 4. The van der Waals surface area contributed by atoms with Gasteiger partial charge >= 0.3 is 11.9 Å². The lowest BCUT2D eigenvalue weighted by molar-refractivity contribution is -0.140. The maximum Gasteiger partial charge on any atom is 0.339 e. The van der Waals surface area contributed by atoms with Crippen molar-refractivity contribution in [1.29, 1.82) is 0 Å². The highest BCUT2D eigenvalue weighted by Crippen LogP contribution is 2.34. The first-order valence-corrected chi connectivity index (χ1v) is 8.49. The average molecular weight is 354 g/mol. The first kappa shape index (κ1) is 19.3. The second-order valence-corrected chi connectivity index (χ2v) is 5.55. The van der Waals surface area contributed by atoms with Gasteiger partial charge in [-0.2, -0.15) is 0 Å². The minimum atomic E-state index is -0.776. The van der Waals surface area contributed by atoms with Crippen LogP contribution in [0.1, 0.15) is 33.3 Å². The number of carbonyl (C=O) groups is 2. The van der Waals surface area contributed by atoms with Crippen LogP contribution in [0.25, 0.3) is 0 Å². The summed E-state index contributed by atoms with van der Waals surface area (Å²) in [7, 11) is 0. The SMILES string of the molecule is CCOC(=O)C1=C(C)OC(C)=C(C(=O)OCC)C1C#Cc1ccccc1. The molecule has 5 nitrogen and oxygen atoms in total. The molecule has 26 heavy (non-hydrogen) atoms. The van der Waals surface area contributed by atoms with Crippen LogP contribution in [-0.2, 0) is 23.8 Å². The van der Waals surface area contributed by atoms with Crippen molar-refractivity contribution in [3.63, 3.8) is 0 Å². The molecule has 0 fully saturated rings. The van der Waals surface area contributed by atoms with Gasteiger partial charge in [-0.3, -0.25) is 0 Å². The first-order chi connectivity index (χ1) is 12.5. The van der Waals surface area contributed by atoms with Gasteiger partial charge in [0, 0.05) is 5.56 Å². The Labute approximate surface area is 153 Å². The molecule has 1 aliphatic rings. The van der Waals surface area contributed by atoms with E-state index >= 15 is 0 Å². The number of hydrogen-bond acceptors (Lipinski definition) is 5. The summed E-state index contributed by atoms with van der Waals surface area (Å²) in [5, 5.41) is 0. The molecule has 0 aliphatic carbocycles. The molecule has 0 amide bonds. The monoisotopic (exact) mass is 354 g/mol. The van der Waals surface area contributed by atoms with Crippen LogP contribution in [-0.4, -0.2) is 25.2 Å². The van der Waals surface area contributed by atoms with Crippen LogP contribution >= 0.6 is 0 Å². The Balaban J connectivity index is 2.53. The van der Waals surface area contributed by atoms with Crippen LogP contribution in [0.2, 0.25) is 0 Å². The summed E-state index contributed by atoms with van der Waals surface area (Å²) in [6, 6.07) is 9.34. The van der Waals surface area contributed by atoms with Crippen molar-refractivity contribution < 1.29 is 23.8 Å². The first-order valence-electron chi connectivity index (χ1n) is 8.49. The van der Waals surface area contributed by atoms with E-state index in [1.807, 2.05) is 30.3 Å². The fraction of sp³-hybridized carbons (Fsp3) is 0.333. The molecule has 0 atom stereocenters. The largest absolute Gasteiger partial charge is 0.465 e. The maximum absolute atomic E-state index is 12.5. The van der Waals surface area contributed by atoms with E-state index in [-0.39, 0.29) is 24.4 Å². The molecular formula is C21H22O5. The Kier molecular flexibility index (Phi) is 6.62. The Morgan fingerprint density at radius 2 is 1.46 bits per heavy atom. The number of allylic oxidation sites excluding steroid dienone is 2. The molecule has 5 heteroatoms. The maximum atomic E-state index is 12.5. The van der Waals surface area contributed by atoms with Gasteiger partial charge in [0.15, 0.2) is 0 Å². The molecule has 0 radical (unpaired) electrons. The number of esters is 2. The van der Waals surface area contributed by atoms with Gasteiger partial charge in [0.25, 0.3) is 0 Å². The van der Waals surface area contributed by atoms with E-state index in [1.165, 1.54) is 0 Å². The van der Waals surface area contributed by atoms with Crippen LogP contribution in [0.3, 0.4) is 0 Å². The van der Waals surface area contributed by atoms with Crippen molar-refractivity contribution in [2.45, 2.75) is 27.7 Å². The molecule has 1 aliphatic heterocycles. The quantitative estimate of drug-likeness (QED) is 0.613. The molecule has 0 saturated heterocycles. The lowest BCUT2D eigenvalue weighted by atomic mass is 9.87. The highest BCUT2D eigenvalue weighted by atomic mass is 16.5. The van der Waals surface area contributed by atoms with E-state index in [0.717, 1.165) is 5.56 Å². The summed E-state index contributed by atoms with van der Waals surface area (Å²) < 4.78 is 15.9. The van der Waals surface area contributed by atoms with E-state index in [0.29, 0.717) is 11.5 Å². The van der Waals surface area contributed by atoms with Gasteiger partial charge in [-0.25, -0.2) is 9.59 Å². The third-order valence-electron chi connectivity index (χ3n) is 3.77. The van der Waals surface area contributed by atoms with Crippen LogP contribution in [0.15, 0.2) is 53.0 Å². The predicted octanol–water partition coefficient (Wildman–Crippen LogP) is 3.36. The molecule has 0 spiro atoms. The van der Waals surface area contributed by atoms with E-state index in [1.54, 1.807) is 27.7 Å². The number of ether oxygens (including phenoxy) is 3. The molecule has 0 unspecified atom stereocenters. The second kappa shape index (κ2) is 8.91. The normalized spacial score (nSPS) is 14.3. The summed E-state index contributed by atoms with van der Waals surface area (Å²) in [6.45, 7) is 7.19. The molecule has 0 bridgehead atoms. The van der Waals surface area contributed by atoms with Gasteiger partial charge in [-0.05, 0) is 39.8 Å². The summed E-state index contributed by atoms with van der Waals surface area (Å²) >= 11 is 0. The molecule has 136 valence electrons. The fourth-order valence-electron chi connectivity index (χ4n) is 2.65. The van der Waals surface area contributed by atoms with Crippen LogP contribution in [0.5, 0.6) is 0 Å². The molecule has 0 saturated carbocycles. The highest BCUT2D eigenvalue weighted by Gasteiger charge is 2.37. The zero-order valence-electron chi connectivity index (χ0n) is 15.4. The summed E-state index contributed by atoms with van der Waals surface area (Å²) in [6.07, 6.45) is 0. The number of hydrogen-bond donors (Lipinski definition) is 0. The van der Waals surface area contributed by atoms with Gasteiger partial charge in [0.1, 0.15) is 11.5 Å². The van der Waals surface area contributed by atoms with Crippen molar-refractivity contribution in [1.82, 2.24) is 0 Å². The Morgan fingerprint density at radius 1 is 0.962 bits per heavy atom. The van der Waals surface area contributed by atoms with Crippen molar-refractivity contribution in [3.05, 3.63) is 58.6 Å². The van der Waals surface area contributed by atoms with E-state index in [2.05, 4.69) is 11.8 Å². The molecule has 0 N–H and O–H groups in total. The topological polar surface area (TPSA) is 61.8 Å². The second-order valence-electron chi connectivity index (χ2n) is 5.55. The molecule has 2 rings (SSSR count). The van der Waals surface area contributed by atoms with Gasteiger partial charge < -0.3 is 14.2 Å². The minimum absolute atomic E-state index is 0.214. The third-order valence-corrected chi connectivity index (χ3v) is 3.77. The van der Waals surface area contributed by atoms with E-state index in [9.17, 15) is 9.59 Å². The lowest BCUT2D eigenvalue weighted by Crippen LogP contribution is -2.28. The standard InChI is InChI=1S/C21H22O5/c1-5-24-20(22)18-14(3)26-15(4)19(21(23)25-6-2)17(18)13-12-16-10-8-7-9-11-16/h7-11,17H,5-6H2,1-4H3. The van der Waals surface area contributed by atoms with Gasteiger partial charge in [-0.15, -0.1) is 0 Å². The Bertz CT molecular complexity index is 766. The zero-order chi connectivity index (χ0) is 19.1. The molecule has 1 aromatic carbocycles. The Hall–Kier alpha value is -3.00. The third kappa shape index (κ3) is 4.34. The van der Waals surface area contributed by atoms with E-state index < -0.39 is 17.9 Å². The number of carbonyl (C=O) groups excluding carboxylic acids is 2. The van der Waals surface area contributed by atoms with Gasteiger partial charge in [-0.1, -0.05) is 30.0 Å². The van der Waals surface area contributed by atoms with Gasteiger partial charge in [0.2, 0.25) is 0 Å². The highest BCUT2D eigenvalue weighted by molar-refractivity contribution is 5.98. The lowest BCUT2D eigenvalue weighted by Gasteiger charge is -2.25. The predicted molar refractivity (Wildman–Crippen MR) is 96.6 cm³/mol. The van der Waals surface area contributed by atoms with E-state index in [4.69, 9.17) is 14.2 Å². The summed E-state index contributed by atoms with van der Waals surface area (Å²) in [5.74, 6) is 4.93. The van der Waals surface area contributed by atoms with Crippen molar-refractivity contribution in [2.75, 3.05) is 13.2 Å². The molecule has 1 heterocycles. The Morgan fingerprint density at radius 3 is 1.92 bits per heavy atom. The molecular weight excluding hydrogens is 332 g/mol. The van der Waals surface area contributed by atoms with Crippen LogP contribution < -0.4 is 0 Å². The van der Waals surface area contributed by atoms with Crippen LogP contribution in [0.4, 0.5) is 0 Å². The summed E-state index contributed by atoms with van der Waals surface area (Å²) in [4.78, 5) is 24.9. The van der Waals surface area contributed by atoms with Crippen molar-refractivity contribution >= 4 is 11.9 Å². The minimum Gasteiger partial charge on any atom is -0.465 e. The molecule has 1 aromatic rings.